The van der Waals surface area contributed by atoms with E-state index in [0.717, 1.165) is 11.0 Å². The van der Waals surface area contributed by atoms with Gasteiger partial charge in [0, 0.05) is 22.6 Å². The van der Waals surface area contributed by atoms with Gasteiger partial charge in [0.15, 0.2) is 0 Å². The summed E-state index contributed by atoms with van der Waals surface area (Å²) in [6.07, 6.45) is 0. The van der Waals surface area contributed by atoms with Crippen molar-refractivity contribution < 1.29 is 9.34 Å². The summed E-state index contributed by atoms with van der Waals surface area (Å²) in [5.74, 6) is 0.643. The molecule has 2 aromatic carbocycles. The number of nitro groups is 1. The van der Waals surface area contributed by atoms with Crippen molar-refractivity contribution in [1.82, 2.24) is 0 Å². The fourth-order valence-electron chi connectivity index (χ4n) is 2.08. The smallest absolute Gasteiger partial charge is 0.273 e. The largest absolute Gasteiger partial charge is 0.456 e. The van der Waals surface area contributed by atoms with Crippen molar-refractivity contribution in [1.29, 1.82) is 0 Å². The maximum atomic E-state index is 11.0. The third-order valence-electron chi connectivity index (χ3n) is 3.12. The monoisotopic (exact) mass is 253 g/mol. The number of hydrogen-bond acceptors (Lipinski definition) is 3. The predicted molar refractivity (Wildman–Crippen MR) is 73.0 cm³/mol. The van der Waals surface area contributed by atoms with Gasteiger partial charge in [-0.05, 0) is 19.1 Å². The number of hydrogen-bond donors (Lipinski definition) is 0. The second-order valence-electron chi connectivity index (χ2n) is 4.41. The highest BCUT2D eigenvalue weighted by atomic mass is 16.6. The van der Waals surface area contributed by atoms with Gasteiger partial charge in [0.25, 0.3) is 5.69 Å². The van der Waals surface area contributed by atoms with E-state index in [0.29, 0.717) is 16.9 Å². The van der Waals surface area contributed by atoms with Crippen LogP contribution < -0.4 is 0 Å². The number of benzene rings is 2. The first-order valence-electron chi connectivity index (χ1n) is 5.89. The topological polar surface area (TPSA) is 56.3 Å². The molecule has 0 radical (unpaired) electrons. The minimum absolute atomic E-state index is 0.109. The van der Waals surface area contributed by atoms with E-state index in [1.165, 1.54) is 0 Å². The number of fused-ring (bicyclic) bond motifs is 1. The minimum atomic E-state index is -0.374. The molecule has 0 aliphatic rings. The Morgan fingerprint density at radius 3 is 2.63 bits per heavy atom. The molecule has 0 saturated carbocycles. The van der Waals surface area contributed by atoms with Crippen molar-refractivity contribution in [2.24, 2.45) is 0 Å². The molecule has 0 bridgehead atoms. The van der Waals surface area contributed by atoms with Crippen LogP contribution in [0.25, 0.3) is 22.3 Å². The molecule has 0 amide bonds. The molecule has 4 nitrogen and oxygen atoms in total. The van der Waals surface area contributed by atoms with Crippen molar-refractivity contribution in [2.45, 2.75) is 6.92 Å². The maximum absolute atomic E-state index is 11.0. The van der Waals surface area contributed by atoms with Gasteiger partial charge in [0.1, 0.15) is 11.3 Å². The molecular weight excluding hydrogens is 242 g/mol. The van der Waals surface area contributed by atoms with Gasteiger partial charge in [0.2, 0.25) is 0 Å². The molecular formula is C15H11NO3. The zero-order valence-corrected chi connectivity index (χ0v) is 10.3. The lowest BCUT2D eigenvalue weighted by Gasteiger charge is -2.00. The highest BCUT2D eigenvalue weighted by Crippen LogP contribution is 2.31. The van der Waals surface area contributed by atoms with Gasteiger partial charge in [-0.15, -0.1) is 0 Å². The van der Waals surface area contributed by atoms with E-state index in [4.69, 9.17) is 4.42 Å². The molecule has 3 rings (SSSR count). The Labute approximate surface area is 109 Å². The number of para-hydroxylation sites is 1. The highest BCUT2D eigenvalue weighted by Gasteiger charge is 2.14. The van der Waals surface area contributed by atoms with Crippen LogP contribution in [0.5, 0.6) is 0 Å². The number of aryl methyl sites for hydroxylation is 1. The zero-order valence-electron chi connectivity index (χ0n) is 10.3. The number of nitrogens with zero attached hydrogens (tertiary/aromatic N) is 1. The van der Waals surface area contributed by atoms with Crippen LogP contribution in [0.1, 0.15) is 5.56 Å². The summed E-state index contributed by atoms with van der Waals surface area (Å²) in [7, 11) is 0. The molecule has 0 spiro atoms. The third kappa shape index (κ3) is 1.97. The molecule has 0 aliphatic carbocycles. The van der Waals surface area contributed by atoms with Gasteiger partial charge in [-0.25, -0.2) is 0 Å². The molecule has 0 fully saturated rings. The van der Waals surface area contributed by atoms with Crippen LogP contribution in [0, 0.1) is 17.0 Å². The lowest BCUT2D eigenvalue weighted by Crippen LogP contribution is -1.91. The SMILES string of the molecule is Cc1ccc(-c2cc3ccccc3o2)cc1[N+](=O)[O-]. The lowest BCUT2D eigenvalue weighted by atomic mass is 10.1. The van der Waals surface area contributed by atoms with Crippen LogP contribution in [0.15, 0.2) is 52.9 Å². The molecule has 1 aromatic heterocycles. The number of furan rings is 1. The quantitative estimate of drug-likeness (QED) is 0.505. The average Bonchev–Trinajstić information content (AvgIpc) is 2.82. The summed E-state index contributed by atoms with van der Waals surface area (Å²) in [5.41, 5.74) is 2.25. The molecule has 3 aromatic rings. The Kier molecular flexibility index (Phi) is 2.56. The van der Waals surface area contributed by atoms with E-state index in [1.54, 1.807) is 19.1 Å². The summed E-state index contributed by atoms with van der Waals surface area (Å²) >= 11 is 0. The molecule has 0 aliphatic heterocycles. The average molecular weight is 253 g/mol. The van der Waals surface area contributed by atoms with Crippen LogP contribution in [-0.2, 0) is 0 Å². The summed E-state index contributed by atoms with van der Waals surface area (Å²) in [6.45, 7) is 1.72. The molecule has 4 heteroatoms. The lowest BCUT2D eigenvalue weighted by molar-refractivity contribution is -0.385. The molecule has 94 valence electrons. The molecule has 0 N–H and O–H groups in total. The fraction of sp³-hybridized carbons (Fsp3) is 0.0667. The second-order valence-corrected chi connectivity index (χ2v) is 4.41. The molecule has 0 atom stereocenters. The molecule has 0 unspecified atom stereocenters. The van der Waals surface area contributed by atoms with Crippen molar-refractivity contribution >= 4 is 16.7 Å². The summed E-state index contributed by atoms with van der Waals surface area (Å²) in [4.78, 5) is 10.6. The van der Waals surface area contributed by atoms with Gasteiger partial charge in [-0.3, -0.25) is 10.1 Å². The molecule has 19 heavy (non-hydrogen) atoms. The van der Waals surface area contributed by atoms with Crippen molar-refractivity contribution in [2.75, 3.05) is 0 Å². The van der Waals surface area contributed by atoms with Crippen LogP contribution >= 0.6 is 0 Å². The Bertz CT molecular complexity index is 741. The van der Waals surface area contributed by atoms with Gasteiger partial charge in [-0.1, -0.05) is 30.3 Å². The molecule has 1 heterocycles. The standard InChI is InChI=1S/C15H11NO3/c1-10-6-7-12(8-13(10)16(17)18)15-9-11-4-2-3-5-14(11)19-15/h2-9H,1H3. The van der Waals surface area contributed by atoms with E-state index >= 15 is 0 Å². The van der Waals surface area contributed by atoms with Gasteiger partial charge in [0.05, 0.1) is 4.92 Å². The van der Waals surface area contributed by atoms with Crippen molar-refractivity contribution in [3.8, 4) is 11.3 Å². The van der Waals surface area contributed by atoms with Gasteiger partial charge in [-0.2, -0.15) is 0 Å². The maximum Gasteiger partial charge on any atom is 0.273 e. The fourth-order valence-corrected chi connectivity index (χ4v) is 2.08. The van der Waals surface area contributed by atoms with Crippen LogP contribution in [0.2, 0.25) is 0 Å². The zero-order chi connectivity index (χ0) is 13.4. The predicted octanol–water partition coefficient (Wildman–Crippen LogP) is 4.32. The van der Waals surface area contributed by atoms with E-state index in [1.807, 2.05) is 36.4 Å². The summed E-state index contributed by atoms with van der Waals surface area (Å²) in [6, 6.07) is 14.7. The summed E-state index contributed by atoms with van der Waals surface area (Å²) in [5, 5.41) is 11.9. The first-order chi connectivity index (χ1) is 9.15. The number of nitro benzene ring substituents is 1. The Balaban J connectivity index is 2.16. The second kappa shape index (κ2) is 4.24. The van der Waals surface area contributed by atoms with Crippen molar-refractivity contribution in [3.63, 3.8) is 0 Å². The van der Waals surface area contributed by atoms with Gasteiger partial charge >= 0.3 is 0 Å². The number of rotatable bonds is 2. The summed E-state index contributed by atoms with van der Waals surface area (Å²) < 4.78 is 5.71. The van der Waals surface area contributed by atoms with Gasteiger partial charge < -0.3 is 4.42 Å². The minimum Gasteiger partial charge on any atom is -0.456 e. The van der Waals surface area contributed by atoms with Crippen LogP contribution in [0.3, 0.4) is 0 Å². The Morgan fingerprint density at radius 1 is 1.11 bits per heavy atom. The van der Waals surface area contributed by atoms with E-state index in [2.05, 4.69) is 0 Å². The Hall–Kier alpha value is -2.62. The van der Waals surface area contributed by atoms with Crippen LogP contribution in [0.4, 0.5) is 5.69 Å². The third-order valence-corrected chi connectivity index (χ3v) is 3.12. The van der Waals surface area contributed by atoms with E-state index in [9.17, 15) is 10.1 Å². The van der Waals surface area contributed by atoms with Crippen molar-refractivity contribution in [3.05, 3.63) is 64.2 Å². The van der Waals surface area contributed by atoms with Crippen LogP contribution in [-0.4, -0.2) is 4.92 Å². The first kappa shape index (κ1) is 11.5. The molecule has 0 saturated heterocycles. The highest BCUT2D eigenvalue weighted by molar-refractivity contribution is 5.83. The Morgan fingerprint density at radius 2 is 1.89 bits per heavy atom. The first-order valence-corrected chi connectivity index (χ1v) is 5.89. The van der Waals surface area contributed by atoms with E-state index < -0.39 is 0 Å². The normalized spacial score (nSPS) is 10.8. The van der Waals surface area contributed by atoms with E-state index in [-0.39, 0.29) is 10.6 Å².